The maximum atomic E-state index is 2.72. The molecule has 2 rings (SSSR count). The molecule has 0 bridgehead atoms. The molecular weight excluding hydrogens is 258 g/mol. The van der Waals surface area contributed by atoms with Gasteiger partial charge in [0.2, 0.25) is 0 Å². The first-order valence-electron chi connectivity index (χ1n) is 9.23. The van der Waals surface area contributed by atoms with Gasteiger partial charge in [-0.2, -0.15) is 0 Å². The van der Waals surface area contributed by atoms with E-state index >= 15 is 0 Å². The van der Waals surface area contributed by atoms with Gasteiger partial charge in [0.15, 0.2) is 0 Å². The van der Waals surface area contributed by atoms with E-state index in [-0.39, 0.29) is 0 Å². The van der Waals surface area contributed by atoms with Gasteiger partial charge in [-0.3, -0.25) is 4.90 Å². The van der Waals surface area contributed by atoms with Crippen LogP contribution in [0.1, 0.15) is 47.0 Å². The summed E-state index contributed by atoms with van der Waals surface area (Å²) in [6, 6.07) is 0.719. The number of hydrogen-bond acceptors (Lipinski definition) is 3. The summed E-state index contributed by atoms with van der Waals surface area (Å²) in [4.78, 5) is 8.02. The molecule has 3 nitrogen and oxygen atoms in total. The van der Waals surface area contributed by atoms with Gasteiger partial charge in [-0.05, 0) is 64.6 Å². The van der Waals surface area contributed by atoms with Crippen LogP contribution in [0.25, 0.3) is 0 Å². The number of nitrogens with zero attached hydrogens (tertiary/aromatic N) is 3. The van der Waals surface area contributed by atoms with Crippen LogP contribution in [-0.2, 0) is 0 Å². The molecule has 2 aliphatic heterocycles. The average Bonchev–Trinajstić information content (AvgIpc) is 2.47. The second-order valence-corrected chi connectivity index (χ2v) is 7.90. The molecule has 2 heterocycles. The normalized spacial score (nSPS) is 24.3. The highest BCUT2D eigenvalue weighted by molar-refractivity contribution is 4.79. The first-order chi connectivity index (χ1) is 10.0. The van der Waals surface area contributed by atoms with Crippen molar-refractivity contribution in [2.45, 2.75) is 53.0 Å². The van der Waals surface area contributed by atoms with Crippen LogP contribution in [-0.4, -0.2) is 73.1 Å². The van der Waals surface area contributed by atoms with Crippen molar-refractivity contribution in [1.82, 2.24) is 14.7 Å². The molecule has 0 aromatic heterocycles. The van der Waals surface area contributed by atoms with Crippen molar-refractivity contribution in [2.75, 3.05) is 52.4 Å². The monoisotopic (exact) mass is 295 g/mol. The number of piperazine rings is 1. The Kier molecular flexibility index (Phi) is 6.97. The summed E-state index contributed by atoms with van der Waals surface area (Å²) in [6.45, 7) is 19.8. The third kappa shape index (κ3) is 5.88. The molecule has 3 heteroatoms. The van der Waals surface area contributed by atoms with Crippen molar-refractivity contribution in [2.24, 2.45) is 11.8 Å². The summed E-state index contributed by atoms with van der Waals surface area (Å²) in [6.07, 6.45) is 4.20. The molecule has 0 unspecified atom stereocenters. The van der Waals surface area contributed by atoms with E-state index in [4.69, 9.17) is 0 Å². The molecule has 2 aliphatic rings. The van der Waals surface area contributed by atoms with E-state index in [2.05, 4.69) is 42.4 Å². The fourth-order valence-corrected chi connectivity index (χ4v) is 3.66. The smallest absolute Gasteiger partial charge is 0.0113 e. The van der Waals surface area contributed by atoms with Crippen molar-refractivity contribution < 1.29 is 0 Å². The van der Waals surface area contributed by atoms with Gasteiger partial charge in [0.05, 0.1) is 0 Å². The zero-order chi connectivity index (χ0) is 15.2. The zero-order valence-corrected chi connectivity index (χ0v) is 14.9. The number of likely N-dealkylation sites (tertiary alicyclic amines) is 1. The van der Waals surface area contributed by atoms with Gasteiger partial charge in [0, 0.05) is 38.8 Å². The van der Waals surface area contributed by atoms with Gasteiger partial charge < -0.3 is 9.80 Å². The zero-order valence-electron chi connectivity index (χ0n) is 14.9. The Balaban J connectivity index is 1.61. The molecule has 0 aromatic rings. The third-order valence-corrected chi connectivity index (χ3v) is 5.38. The Labute approximate surface area is 132 Å². The predicted octanol–water partition coefficient (Wildman–Crippen LogP) is 2.77. The predicted molar refractivity (Wildman–Crippen MR) is 91.8 cm³/mol. The molecule has 0 radical (unpaired) electrons. The Morgan fingerprint density at radius 1 is 0.810 bits per heavy atom. The van der Waals surface area contributed by atoms with Crippen molar-refractivity contribution in [3.05, 3.63) is 0 Å². The summed E-state index contributed by atoms with van der Waals surface area (Å²) in [5.41, 5.74) is 0. The fourth-order valence-electron chi connectivity index (χ4n) is 3.66. The average molecular weight is 296 g/mol. The SMILES string of the molecule is CC(C)CCN1CCC(CN2CCN(C(C)C)CC2)CC1. The van der Waals surface area contributed by atoms with Crippen LogP contribution in [0.4, 0.5) is 0 Å². The van der Waals surface area contributed by atoms with Crippen molar-refractivity contribution in [3.8, 4) is 0 Å². The van der Waals surface area contributed by atoms with E-state index in [0.29, 0.717) is 0 Å². The van der Waals surface area contributed by atoms with E-state index in [9.17, 15) is 0 Å². The lowest BCUT2D eigenvalue weighted by Crippen LogP contribution is -2.50. The van der Waals surface area contributed by atoms with Gasteiger partial charge in [-0.15, -0.1) is 0 Å². The highest BCUT2D eigenvalue weighted by Crippen LogP contribution is 2.20. The standard InChI is InChI=1S/C18H37N3/c1-16(2)5-8-19-9-6-18(7-10-19)15-20-11-13-21(14-12-20)17(3)4/h16-18H,5-15H2,1-4H3. The first kappa shape index (κ1) is 17.2. The molecule has 0 spiro atoms. The molecule has 0 aliphatic carbocycles. The lowest BCUT2D eigenvalue weighted by atomic mass is 9.95. The highest BCUT2D eigenvalue weighted by atomic mass is 15.3. The minimum atomic E-state index is 0.719. The lowest BCUT2D eigenvalue weighted by Gasteiger charge is -2.40. The van der Waals surface area contributed by atoms with Gasteiger partial charge in [0.1, 0.15) is 0 Å². The second kappa shape index (κ2) is 8.50. The van der Waals surface area contributed by atoms with Crippen LogP contribution in [0.15, 0.2) is 0 Å². The van der Waals surface area contributed by atoms with Gasteiger partial charge >= 0.3 is 0 Å². The summed E-state index contributed by atoms with van der Waals surface area (Å²) in [7, 11) is 0. The first-order valence-corrected chi connectivity index (χ1v) is 9.23. The molecule has 0 atom stereocenters. The largest absolute Gasteiger partial charge is 0.303 e. The summed E-state index contributed by atoms with van der Waals surface area (Å²) in [5, 5.41) is 0. The second-order valence-electron chi connectivity index (χ2n) is 7.90. The Bertz CT molecular complexity index is 274. The van der Waals surface area contributed by atoms with E-state index < -0.39 is 0 Å². The Hall–Kier alpha value is -0.120. The molecule has 0 aromatic carbocycles. The van der Waals surface area contributed by atoms with Crippen LogP contribution < -0.4 is 0 Å². The molecule has 21 heavy (non-hydrogen) atoms. The molecule has 0 N–H and O–H groups in total. The van der Waals surface area contributed by atoms with Crippen molar-refractivity contribution >= 4 is 0 Å². The fraction of sp³-hybridized carbons (Fsp3) is 1.00. The third-order valence-electron chi connectivity index (χ3n) is 5.38. The molecule has 2 fully saturated rings. The van der Waals surface area contributed by atoms with E-state index in [1.54, 1.807) is 0 Å². The minimum Gasteiger partial charge on any atom is -0.303 e. The summed E-state index contributed by atoms with van der Waals surface area (Å²) >= 11 is 0. The quantitative estimate of drug-likeness (QED) is 0.746. The number of rotatable bonds is 6. The van der Waals surface area contributed by atoms with Gasteiger partial charge in [-0.25, -0.2) is 0 Å². The maximum Gasteiger partial charge on any atom is 0.0113 e. The summed E-state index contributed by atoms with van der Waals surface area (Å²) < 4.78 is 0. The van der Waals surface area contributed by atoms with E-state index in [0.717, 1.165) is 17.9 Å². The van der Waals surface area contributed by atoms with Crippen LogP contribution in [0.5, 0.6) is 0 Å². The van der Waals surface area contributed by atoms with E-state index in [1.807, 2.05) is 0 Å². The topological polar surface area (TPSA) is 9.72 Å². The van der Waals surface area contributed by atoms with Crippen LogP contribution in [0.3, 0.4) is 0 Å². The maximum absolute atomic E-state index is 2.72. The Morgan fingerprint density at radius 2 is 1.43 bits per heavy atom. The molecule has 0 saturated carbocycles. The van der Waals surface area contributed by atoms with Crippen LogP contribution >= 0.6 is 0 Å². The summed E-state index contributed by atoms with van der Waals surface area (Å²) in [5.74, 6) is 1.80. The molecule has 2 saturated heterocycles. The van der Waals surface area contributed by atoms with Crippen molar-refractivity contribution in [3.63, 3.8) is 0 Å². The number of piperidine rings is 1. The van der Waals surface area contributed by atoms with E-state index in [1.165, 1.54) is 71.6 Å². The number of hydrogen-bond donors (Lipinski definition) is 0. The van der Waals surface area contributed by atoms with Gasteiger partial charge in [0.25, 0.3) is 0 Å². The highest BCUT2D eigenvalue weighted by Gasteiger charge is 2.24. The van der Waals surface area contributed by atoms with Gasteiger partial charge in [-0.1, -0.05) is 13.8 Å². The molecule has 0 amide bonds. The van der Waals surface area contributed by atoms with Crippen LogP contribution in [0, 0.1) is 11.8 Å². The van der Waals surface area contributed by atoms with Crippen LogP contribution in [0.2, 0.25) is 0 Å². The molecule has 124 valence electrons. The Morgan fingerprint density at radius 3 is 1.95 bits per heavy atom. The minimum absolute atomic E-state index is 0.719. The lowest BCUT2D eigenvalue weighted by molar-refractivity contribution is 0.0804. The molecular formula is C18H37N3. The van der Waals surface area contributed by atoms with Crippen molar-refractivity contribution in [1.29, 1.82) is 0 Å².